The van der Waals surface area contributed by atoms with Crippen molar-refractivity contribution in [2.45, 2.75) is 32.9 Å². The van der Waals surface area contributed by atoms with E-state index in [1.54, 1.807) is 24.3 Å². The maximum absolute atomic E-state index is 12.6. The number of benzene rings is 1. The van der Waals surface area contributed by atoms with Crippen LogP contribution >= 0.6 is 11.3 Å². The average molecular weight is 355 g/mol. The number of nitrogens with zero attached hydrogens (tertiary/aromatic N) is 1. The summed E-state index contributed by atoms with van der Waals surface area (Å²) in [5.74, 6) is -0.510. The Hall–Kier alpha value is -2.65. The van der Waals surface area contributed by atoms with E-state index in [1.807, 2.05) is 38.3 Å². The second-order valence-corrected chi connectivity index (χ2v) is 7.08. The monoisotopic (exact) mass is 355 g/mol. The van der Waals surface area contributed by atoms with Crippen molar-refractivity contribution in [1.29, 1.82) is 5.26 Å². The fraction of sp³-hybridized carbons (Fsp3) is 0.316. The topological polar surface area (TPSA) is 82.0 Å². The van der Waals surface area contributed by atoms with Crippen molar-refractivity contribution in [2.24, 2.45) is 5.92 Å². The van der Waals surface area contributed by atoms with E-state index >= 15 is 0 Å². The number of nitrogens with one attached hydrogen (secondary N) is 2. The van der Waals surface area contributed by atoms with Crippen LogP contribution in [-0.4, -0.2) is 17.9 Å². The molecule has 25 heavy (non-hydrogen) atoms. The number of hydrogen-bond donors (Lipinski definition) is 2. The second-order valence-electron chi connectivity index (χ2n) is 6.14. The maximum atomic E-state index is 12.6. The van der Waals surface area contributed by atoms with E-state index in [-0.39, 0.29) is 23.8 Å². The highest BCUT2D eigenvalue weighted by atomic mass is 32.1. The molecule has 0 saturated heterocycles. The largest absolute Gasteiger partial charge is 0.348 e. The van der Waals surface area contributed by atoms with Crippen molar-refractivity contribution in [3.63, 3.8) is 0 Å². The summed E-state index contributed by atoms with van der Waals surface area (Å²) in [5, 5.41) is 16.4. The molecule has 130 valence electrons. The maximum Gasteiger partial charge on any atom is 0.262 e. The molecule has 0 aliphatic rings. The first-order valence-electron chi connectivity index (χ1n) is 8.07. The number of thiophene rings is 1. The second kappa shape index (κ2) is 8.45. The zero-order valence-corrected chi connectivity index (χ0v) is 15.3. The Kier molecular flexibility index (Phi) is 6.31. The first-order valence-corrected chi connectivity index (χ1v) is 8.95. The van der Waals surface area contributed by atoms with Crippen molar-refractivity contribution in [2.75, 3.05) is 0 Å². The Morgan fingerprint density at radius 1 is 1.08 bits per heavy atom. The molecule has 0 bridgehead atoms. The predicted molar refractivity (Wildman–Crippen MR) is 98.1 cm³/mol. The smallest absolute Gasteiger partial charge is 0.262 e. The van der Waals surface area contributed by atoms with E-state index in [0.29, 0.717) is 10.4 Å². The zero-order chi connectivity index (χ0) is 18.4. The van der Waals surface area contributed by atoms with Crippen LogP contribution in [0.3, 0.4) is 0 Å². The van der Waals surface area contributed by atoms with Gasteiger partial charge >= 0.3 is 0 Å². The number of nitriles is 1. The number of hydrogen-bond acceptors (Lipinski definition) is 4. The van der Waals surface area contributed by atoms with Crippen LogP contribution in [-0.2, 0) is 4.79 Å². The number of carbonyl (C=O) groups is 2. The SMILES string of the molecule is CC(NC(=O)C(NC(=O)c1cccs1)C(C)C)c1ccc(C#N)cc1. The highest BCUT2D eigenvalue weighted by Crippen LogP contribution is 2.15. The van der Waals surface area contributed by atoms with Gasteiger partial charge in [-0.05, 0) is 42.0 Å². The van der Waals surface area contributed by atoms with Crippen LogP contribution in [0.4, 0.5) is 0 Å². The van der Waals surface area contributed by atoms with Crippen LogP contribution in [0.15, 0.2) is 41.8 Å². The summed E-state index contributed by atoms with van der Waals surface area (Å²) in [6.07, 6.45) is 0. The third-order valence-electron chi connectivity index (χ3n) is 3.88. The van der Waals surface area contributed by atoms with Crippen LogP contribution in [0, 0.1) is 17.2 Å². The molecule has 2 aromatic rings. The van der Waals surface area contributed by atoms with Crippen molar-refractivity contribution in [3.8, 4) is 6.07 Å². The van der Waals surface area contributed by atoms with Crippen molar-refractivity contribution in [1.82, 2.24) is 10.6 Å². The van der Waals surface area contributed by atoms with E-state index in [2.05, 4.69) is 16.7 Å². The highest BCUT2D eigenvalue weighted by molar-refractivity contribution is 7.12. The molecule has 2 atom stereocenters. The summed E-state index contributed by atoms with van der Waals surface area (Å²) < 4.78 is 0. The normalized spacial score (nSPS) is 12.9. The first-order chi connectivity index (χ1) is 11.9. The van der Waals surface area contributed by atoms with Gasteiger partial charge in [-0.3, -0.25) is 9.59 Å². The zero-order valence-electron chi connectivity index (χ0n) is 14.4. The number of carbonyl (C=O) groups excluding carboxylic acids is 2. The van der Waals surface area contributed by atoms with Crippen LogP contribution in [0.5, 0.6) is 0 Å². The van der Waals surface area contributed by atoms with Crippen molar-refractivity contribution < 1.29 is 9.59 Å². The average Bonchev–Trinajstić information content (AvgIpc) is 3.13. The van der Waals surface area contributed by atoms with Gasteiger partial charge in [-0.15, -0.1) is 11.3 Å². The molecule has 0 spiro atoms. The summed E-state index contributed by atoms with van der Waals surface area (Å²) in [6.45, 7) is 5.66. The number of rotatable bonds is 6. The fourth-order valence-corrected chi connectivity index (χ4v) is 3.01. The van der Waals surface area contributed by atoms with Gasteiger partial charge in [0.2, 0.25) is 5.91 Å². The highest BCUT2D eigenvalue weighted by Gasteiger charge is 2.26. The van der Waals surface area contributed by atoms with Gasteiger partial charge in [0.25, 0.3) is 5.91 Å². The lowest BCUT2D eigenvalue weighted by molar-refractivity contribution is -0.124. The summed E-state index contributed by atoms with van der Waals surface area (Å²) in [6, 6.07) is 11.8. The Bertz CT molecular complexity index is 761. The number of amides is 2. The minimum atomic E-state index is -0.615. The Labute approximate surface area is 151 Å². The summed E-state index contributed by atoms with van der Waals surface area (Å²) in [4.78, 5) is 25.4. The van der Waals surface area contributed by atoms with Crippen LogP contribution in [0.2, 0.25) is 0 Å². The molecular weight excluding hydrogens is 334 g/mol. The first kappa shape index (κ1) is 18.7. The quantitative estimate of drug-likeness (QED) is 0.834. The van der Waals surface area contributed by atoms with Gasteiger partial charge < -0.3 is 10.6 Å². The van der Waals surface area contributed by atoms with Crippen LogP contribution < -0.4 is 10.6 Å². The minimum absolute atomic E-state index is 0.0444. The van der Waals surface area contributed by atoms with Gasteiger partial charge in [0.05, 0.1) is 22.6 Å². The van der Waals surface area contributed by atoms with Gasteiger partial charge in [-0.1, -0.05) is 32.0 Å². The van der Waals surface area contributed by atoms with Crippen LogP contribution in [0.25, 0.3) is 0 Å². The van der Waals surface area contributed by atoms with Gasteiger partial charge in [-0.2, -0.15) is 5.26 Å². The van der Waals surface area contributed by atoms with Crippen LogP contribution in [0.1, 0.15) is 47.6 Å². The molecule has 6 heteroatoms. The molecule has 1 aromatic heterocycles. The van der Waals surface area contributed by atoms with Crippen molar-refractivity contribution in [3.05, 3.63) is 57.8 Å². The summed E-state index contributed by atoms with van der Waals surface area (Å²) in [7, 11) is 0. The molecule has 0 radical (unpaired) electrons. The lowest BCUT2D eigenvalue weighted by Crippen LogP contribution is -2.50. The fourth-order valence-electron chi connectivity index (χ4n) is 2.39. The van der Waals surface area contributed by atoms with E-state index in [4.69, 9.17) is 5.26 Å². The molecule has 2 amide bonds. The lowest BCUT2D eigenvalue weighted by Gasteiger charge is -2.24. The Morgan fingerprint density at radius 3 is 2.28 bits per heavy atom. The molecule has 0 aliphatic heterocycles. The third-order valence-corrected chi connectivity index (χ3v) is 4.75. The Balaban J connectivity index is 2.04. The van der Waals surface area contributed by atoms with E-state index in [0.717, 1.165) is 5.56 Å². The van der Waals surface area contributed by atoms with E-state index in [1.165, 1.54) is 11.3 Å². The van der Waals surface area contributed by atoms with Crippen molar-refractivity contribution >= 4 is 23.2 Å². The standard InChI is InChI=1S/C19H21N3O2S/c1-12(2)17(22-18(23)16-5-4-10-25-16)19(24)21-13(3)15-8-6-14(11-20)7-9-15/h4-10,12-13,17H,1-3H3,(H,21,24)(H,22,23). The lowest BCUT2D eigenvalue weighted by atomic mass is 10.0. The molecule has 2 rings (SSSR count). The van der Waals surface area contributed by atoms with E-state index < -0.39 is 6.04 Å². The molecule has 2 N–H and O–H groups in total. The molecule has 1 heterocycles. The molecule has 2 unspecified atom stereocenters. The summed E-state index contributed by atoms with van der Waals surface area (Å²) >= 11 is 1.34. The van der Waals surface area contributed by atoms with Gasteiger partial charge in [0.15, 0.2) is 0 Å². The van der Waals surface area contributed by atoms with Gasteiger partial charge in [-0.25, -0.2) is 0 Å². The predicted octanol–water partition coefficient (Wildman–Crippen LogP) is 3.25. The molecule has 0 fully saturated rings. The Morgan fingerprint density at radius 2 is 1.76 bits per heavy atom. The molecule has 0 aliphatic carbocycles. The van der Waals surface area contributed by atoms with E-state index in [9.17, 15) is 9.59 Å². The molecule has 5 nitrogen and oxygen atoms in total. The molecule has 1 aromatic carbocycles. The summed E-state index contributed by atoms with van der Waals surface area (Å²) in [5.41, 5.74) is 1.48. The third kappa shape index (κ3) is 4.91. The molecular formula is C19H21N3O2S. The minimum Gasteiger partial charge on any atom is -0.348 e. The van der Waals surface area contributed by atoms with Gasteiger partial charge in [0.1, 0.15) is 6.04 Å². The van der Waals surface area contributed by atoms with Gasteiger partial charge in [0, 0.05) is 0 Å². The molecule has 0 saturated carbocycles.